The van der Waals surface area contributed by atoms with E-state index in [1.165, 1.54) is 5.56 Å². The molecule has 1 rings (SSSR count). The third-order valence-corrected chi connectivity index (χ3v) is 3.94. The number of halogens is 2. The molecule has 0 atom stereocenters. The summed E-state index contributed by atoms with van der Waals surface area (Å²) in [4.78, 5) is 17.8. The Morgan fingerprint density at radius 2 is 1.87 bits per heavy atom. The average Bonchev–Trinajstić information content (AvgIpc) is 2.49. The molecule has 130 valence electrons. The topological polar surface area (TPSA) is 56.7 Å². The molecule has 1 aromatic rings. The number of amides is 1. The van der Waals surface area contributed by atoms with Crippen molar-refractivity contribution in [1.82, 2.24) is 15.5 Å². The van der Waals surface area contributed by atoms with Crippen LogP contribution in [0.25, 0.3) is 0 Å². The normalized spacial score (nSPS) is 11.0. The Balaban J connectivity index is 0.00000484. The number of carbonyl (C=O) groups excluding carboxylic acids is 1. The second-order valence-electron chi connectivity index (χ2n) is 5.37. The molecule has 7 heteroatoms. The van der Waals surface area contributed by atoms with Crippen LogP contribution >= 0.6 is 39.9 Å². The van der Waals surface area contributed by atoms with Crippen molar-refractivity contribution in [3.8, 4) is 0 Å². The number of carbonyl (C=O) groups is 1. The monoisotopic (exact) mass is 496 g/mol. The molecular weight excluding hydrogens is 471 g/mol. The minimum absolute atomic E-state index is 0. The quantitative estimate of drug-likeness (QED) is 0.275. The van der Waals surface area contributed by atoms with Gasteiger partial charge >= 0.3 is 0 Å². The highest BCUT2D eigenvalue weighted by Crippen LogP contribution is 2.17. The zero-order chi connectivity index (χ0) is 16.5. The van der Waals surface area contributed by atoms with Crippen LogP contribution in [0.15, 0.2) is 33.7 Å². The molecule has 0 aliphatic heterocycles. The molecule has 0 spiro atoms. The van der Waals surface area contributed by atoms with Gasteiger partial charge < -0.3 is 15.5 Å². The maximum atomic E-state index is 11.5. The van der Waals surface area contributed by atoms with Crippen molar-refractivity contribution in [3.05, 3.63) is 34.3 Å². The zero-order valence-corrected chi connectivity index (χ0v) is 18.0. The van der Waals surface area contributed by atoms with Crippen molar-refractivity contribution in [2.45, 2.75) is 20.4 Å². The van der Waals surface area contributed by atoms with E-state index in [4.69, 9.17) is 0 Å². The van der Waals surface area contributed by atoms with Crippen LogP contribution in [-0.2, 0) is 11.3 Å². The van der Waals surface area contributed by atoms with Crippen LogP contribution in [0.4, 0.5) is 0 Å². The molecule has 0 heterocycles. The second-order valence-corrected chi connectivity index (χ2v) is 6.22. The summed E-state index contributed by atoms with van der Waals surface area (Å²) in [7, 11) is 3.74. The lowest BCUT2D eigenvalue weighted by molar-refractivity contribution is -0.123. The summed E-state index contributed by atoms with van der Waals surface area (Å²) in [6.07, 6.45) is 0. The van der Waals surface area contributed by atoms with Gasteiger partial charge in [-0.2, -0.15) is 0 Å². The van der Waals surface area contributed by atoms with Gasteiger partial charge in [-0.15, -0.1) is 24.0 Å². The van der Waals surface area contributed by atoms with Crippen molar-refractivity contribution in [2.24, 2.45) is 10.9 Å². The molecule has 23 heavy (non-hydrogen) atoms. The van der Waals surface area contributed by atoms with E-state index in [0.717, 1.165) is 17.0 Å². The molecule has 5 nitrogen and oxygen atoms in total. The molecule has 0 aliphatic carbocycles. The standard InChI is InChI=1S/C16H25BrN4O.HI/c1-12(2)15(22)19-9-10-20-16(18-3)21(4)11-13-7-5-6-8-14(13)17;/h5-8,12H,9-11H2,1-4H3,(H,18,20)(H,19,22);1H. The summed E-state index contributed by atoms with van der Waals surface area (Å²) in [6, 6.07) is 8.13. The molecule has 0 aliphatic rings. The van der Waals surface area contributed by atoms with Gasteiger partial charge in [-0.1, -0.05) is 48.0 Å². The minimum atomic E-state index is 0. The maximum Gasteiger partial charge on any atom is 0.222 e. The highest BCUT2D eigenvalue weighted by molar-refractivity contribution is 14.0. The minimum Gasteiger partial charge on any atom is -0.354 e. The SMILES string of the molecule is CN=C(NCCNC(=O)C(C)C)N(C)Cc1ccccc1Br.I. The molecule has 0 saturated heterocycles. The van der Waals surface area contributed by atoms with Crippen molar-refractivity contribution < 1.29 is 4.79 Å². The number of rotatable bonds is 6. The summed E-state index contributed by atoms with van der Waals surface area (Å²) in [5.41, 5.74) is 1.20. The lowest BCUT2D eigenvalue weighted by Gasteiger charge is -2.23. The molecular formula is C16H26BrIN4O. The highest BCUT2D eigenvalue weighted by Gasteiger charge is 2.09. The van der Waals surface area contributed by atoms with Gasteiger partial charge in [0.15, 0.2) is 5.96 Å². The molecule has 0 radical (unpaired) electrons. The third-order valence-electron chi connectivity index (χ3n) is 3.17. The first kappa shape index (κ1) is 22.2. The van der Waals surface area contributed by atoms with Crippen LogP contribution in [0.1, 0.15) is 19.4 Å². The van der Waals surface area contributed by atoms with Crippen LogP contribution < -0.4 is 10.6 Å². The van der Waals surface area contributed by atoms with E-state index in [0.29, 0.717) is 13.1 Å². The molecule has 0 unspecified atom stereocenters. The van der Waals surface area contributed by atoms with Gasteiger partial charge in [0.2, 0.25) is 5.91 Å². The van der Waals surface area contributed by atoms with Crippen molar-refractivity contribution in [1.29, 1.82) is 0 Å². The van der Waals surface area contributed by atoms with E-state index in [2.05, 4.69) is 37.6 Å². The average molecular weight is 497 g/mol. The summed E-state index contributed by atoms with van der Waals surface area (Å²) < 4.78 is 1.08. The number of hydrogen-bond donors (Lipinski definition) is 2. The Labute approximate surface area is 164 Å². The molecule has 1 aromatic carbocycles. The summed E-state index contributed by atoms with van der Waals surface area (Å²) in [5, 5.41) is 6.13. The van der Waals surface area contributed by atoms with Crippen LogP contribution in [0.2, 0.25) is 0 Å². The summed E-state index contributed by atoms with van der Waals surface area (Å²) in [5.74, 6) is 0.880. The summed E-state index contributed by atoms with van der Waals surface area (Å²) >= 11 is 3.55. The van der Waals surface area contributed by atoms with Gasteiger partial charge in [0.25, 0.3) is 0 Å². The fourth-order valence-electron chi connectivity index (χ4n) is 1.91. The number of hydrogen-bond acceptors (Lipinski definition) is 2. The lowest BCUT2D eigenvalue weighted by Crippen LogP contribution is -2.42. The number of guanidine groups is 1. The van der Waals surface area contributed by atoms with Crippen molar-refractivity contribution >= 4 is 51.8 Å². The molecule has 1 amide bonds. The number of aliphatic imine (C=N–C) groups is 1. The second kappa shape index (κ2) is 11.7. The van der Waals surface area contributed by atoms with Gasteiger partial charge in [0.1, 0.15) is 0 Å². The van der Waals surface area contributed by atoms with E-state index in [9.17, 15) is 4.79 Å². The fourth-order valence-corrected chi connectivity index (χ4v) is 2.32. The maximum absolute atomic E-state index is 11.5. The van der Waals surface area contributed by atoms with Crippen molar-refractivity contribution in [2.75, 3.05) is 27.2 Å². The molecule has 0 aromatic heterocycles. The van der Waals surface area contributed by atoms with Crippen LogP contribution in [0, 0.1) is 5.92 Å². The predicted octanol–water partition coefficient (Wildman–Crippen LogP) is 2.85. The molecule has 2 N–H and O–H groups in total. The molecule has 0 fully saturated rings. The van der Waals surface area contributed by atoms with E-state index in [1.54, 1.807) is 7.05 Å². The molecule has 0 bridgehead atoms. The molecule has 0 saturated carbocycles. The van der Waals surface area contributed by atoms with E-state index in [-0.39, 0.29) is 35.8 Å². The fraction of sp³-hybridized carbons (Fsp3) is 0.500. The van der Waals surface area contributed by atoms with Gasteiger partial charge in [0, 0.05) is 44.1 Å². The number of nitrogens with one attached hydrogen (secondary N) is 2. The van der Waals surface area contributed by atoms with Gasteiger partial charge in [-0.3, -0.25) is 9.79 Å². The number of benzene rings is 1. The zero-order valence-electron chi connectivity index (χ0n) is 14.1. The third kappa shape index (κ3) is 8.01. The van der Waals surface area contributed by atoms with Gasteiger partial charge in [-0.25, -0.2) is 0 Å². The largest absolute Gasteiger partial charge is 0.354 e. The van der Waals surface area contributed by atoms with Crippen LogP contribution in [-0.4, -0.2) is 44.0 Å². The van der Waals surface area contributed by atoms with Gasteiger partial charge in [-0.05, 0) is 11.6 Å². The Kier molecular flexibility index (Phi) is 11.2. The highest BCUT2D eigenvalue weighted by atomic mass is 127. The Bertz CT molecular complexity index is 523. The Morgan fingerprint density at radius 1 is 1.26 bits per heavy atom. The first-order valence-corrected chi connectivity index (χ1v) is 8.18. The van der Waals surface area contributed by atoms with E-state index >= 15 is 0 Å². The van der Waals surface area contributed by atoms with E-state index in [1.807, 2.05) is 44.0 Å². The smallest absolute Gasteiger partial charge is 0.222 e. The van der Waals surface area contributed by atoms with E-state index < -0.39 is 0 Å². The van der Waals surface area contributed by atoms with Crippen LogP contribution in [0.5, 0.6) is 0 Å². The first-order valence-electron chi connectivity index (χ1n) is 7.38. The summed E-state index contributed by atoms with van der Waals surface area (Å²) in [6.45, 7) is 5.74. The predicted molar refractivity (Wildman–Crippen MR) is 110 cm³/mol. The van der Waals surface area contributed by atoms with Crippen LogP contribution in [0.3, 0.4) is 0 Å². The number of nitrogens with zero attached hydrogens (tertiary/aromatic N) is 2. The first-order chi connectivity index (χ1) is 10.5. The Morgan fingerprint density at radius 3 is 2.43 bits per heavy atom. The van der Waals surface area contributed by atoms with Crippen molar-refractivity contribution in [3.63, 3.8) is 0 Å². The lowest BCUT2D eigenvalue weighted by atomic mass is 10.2. The van der Waals surface area contributed by atoms with Gasteiger partial charge in [0.05, 0.1) is 0 Å². The Hall–Kier alpha value is -0.830.